The van der Waals surface area contributed by atoms with Crippen LogP contribution in [0, 0.1) is 0 Å². The zero-order valence-electron chi connectivity index (χ0n) is 12.0. The van der Waals surface area contributed by atoms with Crippen LogP contribution in [0.2, 0.25) is 0 Å². The van der Waals surface area contributed by atoms with Crippen molar-refractivity contribution < 1.29 is 0 Å². The molecule has 0 saturated carbocycles. The molecule has 0 radical (unpaired) electrons. The van der Waals surface area contributed by atoms with Crippen LogP contribution in [0.25, 0.3) is 0 Å². The fraction of sp³-hybridized carbons (Fsp3) is 0.222. The second-order valence-corrected chi connectivity index (χ2v) is 5.24. The van der Waals surface area contributed by atoms with Crippen LogP contribution in [0.5, 0.6) is 0 Å². The van der Waals surface area contributed by atoms with E-state index in [2.05, 4.69) is 70.7 Å². The SMILES string of the molecule is c1ccc(C[C@@H](CCn2cncn2)c2ccccc2)cc1. The molecule has 0 fully saturated rings. The van der Waals surface area contributed by atoms with Crippen molar-refractivity contribution in [1.82, 2.24) is 14.8 Å². The second-order valence-electron chi connectivity index (χ2n) is 5.24. The van der Waals surface area contributed by atoms with Gasteiger partial charge < -0.3 is 0 Å². The van der Waals surface area contributed by atoms with Crippen molar-refractivity contribution in [2.75, 3.05) is 0 Å². The van der Waals surface area contributed by atoms with Gasteiger partial charge in [0.15, 0.2) is 0 Å². The average Bonchev–Trinajstić information content (AvgIpc) is 3.07. The highest BCUT2D eigenvalue weighted by Crippen LogP contribution is 2.24. The van der Waals surface area contributed by atoms with Crippen molar-refractivity contribution in [3.05, 3.63) is 84.4 Å². The van der Waals surface area contributed by atoms with Gasteiger partial charge in [-0.1, -0.05) is 60.7 Å². The first-order valence-electron chi connectivity index (χ1n) is 7.33. The van der Waals surface area contributed by atoms with E-state index in [0.717, 1.165) is 19.4 Å². The molecule has 21 heavy (non-hydrogen) atoms. The lowest BCUT2D eigenvalue weighted by Crippen LogP contribution is -2.08. The summed E-state index contributed by atoms with van der Waals surface area (Å²) in [7, 11) is 0. The lowest BCUT2D eigenvalue weighted by Gasteiger charge is -2.17. The van der Waals surface area contributed by atoms with Crippen LogP contribution in [0.1, 0.15) is 23.5 Å². The van der Waals surface area contributed by atoms with Crippen LogP contribution in [-0.2, 0) is 13.0 Å². The third kappa shape index (κ3) is 3.78. The summed E-state index contributed by atoms with van der Waals surface area (Å²) in [5.41, 5.74) is 2.77. The molecule has 0 spiro atoms. The zero-order valence-corrected chi connectivity index (χ0v) is 12.0. The summed E-state index contributed by atoms with van der Waals surface area (Å²) in [6.45, 7) is 0.895. The molecule has 0 unspecified atom stereocenters. The molecule has 0 N–H and O–H groups in total. The van der Waals surface area contributed by atoms with Gasteiger partial charge in [0.25, 0.3) is 0 Å². The minimum absolute atomic E-state index is 0.498. The molecule has 106 valence electrons. The number of nitrogens with zero attached hydrogens (tertiary/aromatic N) is 3. The maximum Gasteiger partial charge on any atom is 0.137 e. The Morgan fingerprint density at radius 1 is 0.905 bits per heavy atom. The average molecular weight is 277 g/mol. The Morgan fingerprint density at radius 3 is 2.29 bits per heavy atom. The molecule has 1 heterocycles. The summed E-state index contributed by atoms with van der Waals surface area (Å²) in [5, 5.41) is 4.19. The second kappa shape index (κ2) is 6.84. The third-order valence-electron chi connectivity index (χ3n) is 3.77. The highest BCUT2D eigenvalue weighted by molar-refractivity contribution is 5.24. The molecular formula is C18H19N3. The summed E-state index contributed by atoms with van der Waals surface area (Å²) in [6, 6.07) is 21.4. The standard InChI is InChI=1S/C18H19N3/c1-3-7-16(8-4-1)13-18(17-9-5-2-6-10-17)11-12-21-15-19-14-20-21/h1-10,14-15,18H,11-13H2/t18-/m1/s1. The van der Waals surface area contributed by atoms with Crippen LogP contribution in [0.15, 0.2) is 73.3 Å². The van der Waals surface area contributed by atoms with Crippen LogP contribution >= 0.6 is 0 Å². The summed E-state index contributed by atoms with van der Waals surface area (Å²) in [5.74, 6) is 0.498. The monoisotopic (exact) mass is 277 g/mol. The number of rotatable bonds is 6. The molecular weight excluding hydrogens is 258 g/mol. The molecule has 0 aliphatic heterocycles. The molecule has 1 atom stereocenters. The first-order valence-corrected chi connectivity index (χ1v) is 7.33. The van der Waals surface area contributed by atoms with E-state index in [1.165, 1.54) is 11.1 Å². The van der Waals surface area contributed by atoms with Crippen LogP contribution < -0.4 is 0 Å². The fourth-order valence-corrected chi connectivity index (χ4v) is 2.65. The maximum atomic E-state index is 4.19. The van der Waals surface area contributed by atoms with Crippen molar-refractivity contribution in [3.8, 4) is 0 Å². The van der Waals surface area contributed by atoms with Crippen LogP contribution in [0.4, 0.5) is 0 Å². The van der Waals surface area contributed by atoms with Gasteiger partial charge in [-0.05, 0) is 29.9 Å². The van der Waals surface area contributed by atoms with Gasteiger partial charge in [-0.25, -0.2) is 4.98 Å². The molecule has 3 nitrogen and oxygen atoms in total. The largest absolute Gasteiger partial charge is 0.253 e. The van der Waals surface area contributed by atoms with Crippen molar-refractivity contribution in [2.45, 2.75) is 25.3 Å². The highest BCUT2D eigenvalue weighted by Gasteiger charge is 2.12. The molecule has 3 rings (SSSR count). The van der Waals surface area contributed by atoms with Crippen molar-refractivity contribution in [1.29, 1.82) is 0 Å². The maximum absolute atomic E-state index is 4.19. The predicted molar refractivity (Wildman–Crippen MR) is 84.0 cm³/mol. The Bertz CT molecular complexity index is 633. The molecule has 0 aliphatic rings. The Hall–Kier alpha value is -2.42. The normalized spacial score (nSPS) is 12.2. The van der Waals surface area contributed by atoms with Gasteiger partial charge in [0, 0.05) is 6.54 Å². The van der Waals surface area contributed by atoms with Gasteiger partial charge in [-0.3, -0.25) is 4.68 Å². The molecule has 3 heteroatoms. The van der Waals surface area contributed by atoms with Gasteiger partial charge in [0.2, 0.25) is 0 Å². The molecule has 1 aromatic heterocycles. The van der Waals surface area contributed by atoms with E-state index >= 15 is 0 Å². The number of hydrogen-bond donors (Lipinski definition) is 0. The van der Waals surface area contributed by atoms with E-state index in [0.29, 0.717) is 5.92 Å². The third-order valence-corrected chi connectivity index (χ3v) is 3.77. The van der Waals surface area contributed by atoms with E-state index < -0.39 is 0 Å². The summed E-state index contributed by atoms with van der Waals surface area (Å²) < 4.78 is 1.90. The summed E-state index contributed by atoms with van der Waals surface area (Å²) in [6.07, 6.45) is 5.49. The van der Waals surface area contributed by atoms with Crippen LogP contribution in [0.3, 0.4) is 0 Å². The van der Waals surface area contributed by atoms with Gasteiger partial charge in [0.1, 0.15) is 12.7 Å². The lowest BCUT2D eigenvalue weighted by atomic mass is 9.89. The smallest absolute Gasteiger partial charge is 0.137 e. The number of hydrogen-bond acceptors (Lipinski definition) is 2. The topological polar surface area (TPSA) is 30.7 Å². The highest BCUT2D eigenvalue weighted by atomic mass is 15.3. The van der Waals surface area contributed by atoms with E-state index in [9.17, 15) is 0 Å². The van der Waals surface area contributed by atoms with Gasteiger partial charge >= 0.3 is 0 Å². The minimum atomic E-state index is 0.498. The number of aryl methyl sites for hydroxylation is 1. The Labute approximate surface area is 125 Å². The summed E-state index contributed by atoms with van der Waals surface area (Å²) in [4.78, 5) is 4.01. The molecule has 3 aromatic rings. The Balaban J connectivity index is 1.74. The molecule has 0 amide bonds. The quantitative estimate of drug-likeness (QED) is 0.688. The Kier molecular flexibility index (Phi) is 4.42. The van der Waals surface area contributed by atoms with Gasteiger partial charge in [-0.2, -0.15) is 5.10 Å². The predicted octanol–water partition coefficient (Wildman–Crippen LogP) is 3.69. The fourth-order valence-electron chi connectivity index (χ4n) is 2.65. The van der Waals surface area contributed by atoms with Crippen molar-refractivity contribution in [3.63, 3.8) is 0 Å². The lowest BCUT2D eigenvalue weighted by molar-refractivity contribution is 0.510. The van der Waals surface area contributed by atoms with E-state index in [1.54, 1.807) is 12.7 Å². The first-order chi connectivity index (χ1) is 10.4. The first kappa shape index (κ1) is 13.6. The molecule has 0 aliphatic carbocycles. The number of aromatic nitrogens is 3. The molecule has 2 aromatic carbocycles. The van der Waals surface area contributed by atoms with E-state index in [-0.39, 0.29) is 0 Å². The summed E-state index contributed by atoms with van der Waals surface area (Å²) >= 11 is 0. The van der Waals surface area contributed by atoms with Gasteiger partial charge in [-0.15, -0.1) is 0 Å². The number of benzene rings is 2. The van der Waals surface area contributed by atoms with Crippen molar-refractivity contribution >= 4 is 0 Å². The van der Waals surface area contributed by atoms with Crippen molar-refractivity contribution in [2.24, 2.45) is 0 Å². The van der Waals surface area contributed by atoms with Gasteiger partial charge in [0.05, 0.1) is 0 Å². The Morgan fingerprint density at radius 2 is 1.62 bits per heavy atom. The van der Waals surface area contributed by atoms with E-state index in [1.807, 2.05) is 4.68 Å². The zero-order chi connectivity index (χ0) is 14.3. The molecule has 0 saturated heterocycles. The molecule has 0 bridgehead atoms. The van der Waals surface area contributed by atoms with Crippen LogP contribution in [-0.4, -0.2) is 14.8 Å². The van der Waals surface area contributed by atoms with E-state index in [4.69, 9.17) is 0 Å². The minimum Gasteiger partial charge on any atom is -0.253 e.